The van der Waals surface area contributed by atoms with E-state index in [0.717, 1.165) is 0 Å². The summed E-state index contributed by atoms with van der Waals surface area (Å²) in [7, 11) is 2.92. The van der Waals surface area contributed by atoms with E-state index >= 15 is 0 Å². The van der Waals surface area contributed by atoms with Crippen LogP contribution in [0.1, 0.15) is 11.1 Å². The monoisotopic (exact) mass is 287 g/mol. The first-order chi connectivity index (χ1) is 10.2. The number of hydrogen-bond donors (Lipinski definition) is 0. The summed E-state index contributed by atoms with van der Waals surface area (Å²) in [6, 6.07) is 11.5. The molecule has 108 valence electrons. The van der Waals surface area contributed by atoms with Crippen molar-refractivity contribution in [1.29, 1.82) is 5.26 Å². The van der Waals surface area contributed by atoms with E-state index in [-0.39, 0.29) is 12.4 Å². The van der Waals surface area contributed by atoms with Crippen LogP contribution in [0.3, 0.4) is 0 Å². The van der Waals surface area contributed by atoms with Crippen molar-refractivity contribution in [3.63, 3.8) is 0 Å². The van der Waals surface area contributed by atoms with Crippen molar-refractivity contribution in [2.24, 2.45) is 0 Å². The number of rotatable bonds is 5. The summed E-state index contributed by atoms with van der Waals surface area (Å²) >= 11 is 0. The first-order valence-corrected chi connectivity index (χ1v) is 6.20. The SMILES string of the molecule is COc1cc(C#N)cc(OCc2ccc(OC)c(F)c2)c1. The normalized spacial score (nSPS) is 9.81. The summed E-state index contributed by atoms with van der Waals surface area (Å²) in [6.07, 6.45) is 0. The van der Waals surface area contributed by atoms with Crippen molar-refractivity contribution in [3.8, 4) is 23.3 Å². The lowest BCUT2D eigenvalue weighted by molar-refractivity contribution is 0.302. The highest BCUT2D eigenvalue weighted by Crippen LogP contribution is 2.24. The van der Waals surface area contributed by atoms with Crippen molar-refractivity contribution in [2.75, 3.05) is 14.2 Å². The van der Waals surface area contributed by atoms with Gasteiger partial charge in [-0.3, -0.25) is 0 Å². The van der Waals surface area contributed by atoms with Crippen LogP contribution in [0.25, 0.3) is 0 Å². The Balaban J connectivity index is 2.13. The molecule has 0 spiro atoms. The fraction of sp³-hybridized carbons (Fsp3) is 0.188. The lowest BCUT2D eigenvalue weighted by Crippen LogP contribution is -1.98. The first-order valence-electron chi connectivity index (χ1n) is 6.20. The van der Waals surface area contributed by atoms with Crippen LogP contribution in [0.5, 0.6) is 17.2 Å². The average molecular weight is 287 g/mol. The average Bonchev–Trinajstić information content (AvgIpc) is 2.52. The minimum Gasteiger partial charge on any atom is -0.497 e. The minimum atomic E-state index is -0.443. The van der Waals surface area contributed by atoms with Crippen molar-refractivity contribution < 1.29 is 18.6 Å². The third-order valence-corrected chi connectivity index (χ3v) is 2.87. The smallest absolute Gasteiger partial charge is 0.165 e. The van der Waals surface area contributed by atoms with Crippen LogP contribution in [-0.2, 0) is 6.61 Å². The molecule has 0 N–H and O–H groups in total. The van der Waals surface area contributed by atoms with Gasteiger partial charge in [0.15, 0.2) is 11.6 Å². The molecule has 0 aliphatic rings. The maximum absolute atomic E-state index is 13.6. The zero-order chi connectivity index (χ0) is 15.2. The summed E-state index contributed by atoms with van der Waals surface area (Å²) in [6.45, 7) is 0.180. The van der Waals surface area contributed by atoms with Gasteiger partial charge in [-0.2, -0.15) is 5.26 Å². The molecule has 0 saturated heterocycles. The molecule has 0 aromatic heterocycles. The summed E-state index contributed by atoms with van der Waals surface area (Å²) in [5, 5.41) is 8.94. The van der Waals surface area contributed by atoms with Gasteiger partial charge in [0.05, 0.1) is 25.9 Å². The van der Waals surface area contributed by atoms with E-state index in [2.05, 4.69) is 0 Å². The molecule has 0 fully saturated rings. The van der Waals surface area contributed by atoms with Gasteiger partial charge < -0.3 is 14.2 Å². The number of benzene rings is 2. The molecular formula is C16H14FNO3. The third kappa shape index (κ3) is 3.63. The topological polar surface area (TPSA) is 51.5 Å². The predicted octanol–water partition coefficient (Wildman–Crippen LogP) is 3.29. The Kier molecular flexibility index (Phi) is 4.62. The zero-order valence-corrected chi connectivity index (χ0v) is 11.7. The lowest BCUT2D eigenvalue weighted by Gasteiger charge is -2.09. The number of halogens is 1. The second-order valence-corrected chi connectivity index (χ2v) is 4.27. The highest BCUT2D eigenvalue weighted by molar-refractivity contribution is 5.44. The Bertz CT molecular complexity index is 680. The van der Waals surface area contributed by atoms with E-state index < -0.39 is 5.82 Å². The van der Waals surface area contributed by atoms with Crippen LogP contribution in [0.2, 0.25) is 0 Å². The molecule has 0 radical (unpaired) electrons. The van der Waals surface area contributed by atoms with Crippen molar-refractivity contribution in [3.05, 3.63) is 53.3 Å². The third-order valence-electron chi connectivity index (χ3n) is 2.87. The molecule has 2 rings (SSSR count). The number of ether oxygens (including phenoxy) is 3. The number of nitriles is 1. The maximum atomic E-state index is 13.6. The second-order valence-electron chi connectivity index (χ2n) is 4.27. The standard InChI is InChI=1S/C16H14FNO3/c1-19-13-5-12(9-18)6-14(8-13)21-10-11-3-4-16(20-2)15(17)7-11/h3-8H,10H2,1-2H3. The molecule has 2 aromatic rings. The van der Waals surface area contributed by atoms with Gasteiger partial charge >= 0.3 is 0 Å². The fourth-order valence-corrected chi connectivity index (χ4v) is 1.80. The van der Waals surface area contributed by atoms with Gasteiger partial charge in [-0.15, -0.1) is 0 Å². The van der Waals surface area contributed by atoms with Gasteiger partial charge in [0.1, 0.15) is 18.1 Å². The largest absolute Gasteiger partial charge is 0.497 e. The van der Waals surface area contributed by atoms with Gasteiger partial charge in [-0.25, -0.2) is 4.39 Å². The van der Waals surface area contributed by atoms with Gasteiger partial charge in [0, 0.05) is 6.07 Å². The van der Waals surface area contributed by atoms with E-state index in [1.807, 2.05) is 6.07 Å². The van der Waals surface area contributed by atoms with Crippen molar-refractivity contribution >= 4 is 0 Å². The molecule has 0 heterocycles. The first kappa shape index (κ1) is 14.7. The molecule has 2 aromatic carbocycles. The molecule has 5 heteroatoms. The van der Waals surface area contributed by atoms with E-state index in [9.17, 15) is 4.39 Å². The Morgan fingerprint density at radius 3 is 2.43 bits per heavy atom. The van der Waals surface area contributed by atoms with Crippen LogP contribution >= 0.6 is 0 Å². The predicted molar refractivity (Wildman–Crippen MR) is 75.0 cm³/mol. The molecule has 0 amide bonds. The Morgan fingerprint density at radius 1 is 1.05 bits per heavy atom. The molecule has 0 atom stereocenters. The highest BCUT2D eigenvalue weighted by atomic mass is 19.1. The van der Waals surface area contributed by atoms with E-state index in [4.69, 9.17) is 19.5 Å². The summed E-state index contributed by atoms with van der Waals surface area (Å²) < 4.78 is 29.1. The van der Waals surface area contributed by atoms with E-state index in [1.54, 1.807) is 30.3 Å². The molecule has 0 saturated carbocycles. The van der Waals surface area contributed by atoms with E-state index in [1.165, 1.54) is 20.3 Å². The maximum Gasteiger partial charge on any atom is 0.165 e. The highest BCUT2D eigenvalue weighted by Gasteiger charge is 2.06. The van der Waals surface area contributed by atoms with Crippen LogP contribution in [-0.4, -0.2) is 14.2 Å². The van der Waals surface area contributed by atoms with Gasteiger partial charge in [-0.05, 0) is 29.8 Å². The van der Waals surface area contributed by atoms with E-state index in [0.29, 0.717) is 22.6 Å². The van der Waals surface area contributed by atoms with Crippen LogP contribution < -0.4 is 14.2 Å². The molecule has 0 aliphatic heterocycles. The molecule has 21 heavy (non-hydrogen) atoms. The summed E-state index contributed by atoms with van der Waals surface area (Å²) in [5.74, 6) is 0.765. The van der Waals surface area contributed by atoms with Crippen LogP contribution in [0.15, 0.2) is 36.4 Å². The summed E-state index contributed by atoms with van der Waals surface area (Å²) in [5.41, 5.74) is 1.10. The Morgan fingerprint density at radius 2 is 1.81 bits per heavy atom. The van der Waals surface area contributed by atoms with Gasteiger partial charge in [0.25, 0.3) is 0 Å². The van der Waals surface area contributed by atoms with Crippen LogP contribution in [0, 0.1) is 17.1 Å². The fourth-order valence-electron chi connectivity index (χ4n) is 1.80. The molecule has 4 nitrogen and oxygen atoms in total. The van der Waals surface area contributed by atoms with Crippen LogP contribution in [0.4, 0.5) is 4.39 Å². The zero-order valence-electron chi connectivity index (χ0n) is 11.7. The summed E-state index contributed by atoms with van der Waals surface area (Å²) in [4.78, 5) is 0. The molecule has 0 bridgehead atoms. The molecule has 0 aliphatic carbocycles. The number of methoxy groups -OCH3 is 2. The Labute approximate surface area is 122 Å². The number of nitrogens with zero attached hydrogens (tertiary/aromatic N) is 1. The molecule has 0 unspecified atom stereocenters. The Hall–Kier alpha value is -2.74. The van der Waals surface area contributed by atoms with Crippen molar-refractivity contribution in [1.82, 2.24) is 0 Å². The minimum absolute atomic E-state index is 0.180. The van der Waals surface area contributed by atoms with Gasteiger partial charge in [0.2, 0.25) is 0 Å². The quantitative estimate of drug-likeness (QED) is 0.846. The van der Waals surface area contributed by atoms with Crippen molar-refractivity contribution in [2.45, 2.75) is 6.61 Å². The lowest BCUT2D eigenvalue weighted by atomic mass is 10.2. The second kappa shape index (κ2) is 6.62. The number of hydrogen-bond acceptors (Lipinski definition) is 4. The molecular weight excluding hydrogens is 273 g/mol. The van der Waals surface area contributed by atoms with Gasteiger partial charge in [-0.1, -0.05) is 6.07 Å².